The van der Waals surface area contributed by atoms with Gasteiger partial charge in [-0.25, -0.2) is 8.96 Å². The number of carbonyl (C=O) groups is 2. The van der Waals surface area contributed by atoms with Crippen LogP contribution in [-0.4, -0.2) is 41.6 Å². The van der Waals surface area contributed by atoms with Crippen molar-refractivity contribution in [1.29, 1.82) is 0 Å². The number of benzene rings is 1. The van der Waals surface area contributed by atoms with E-state index in [0.29, 0.717) is 5.92 Å². The van der Waals surface area contributed by atoms with E-state index in [4.69, 9.17) is 18.3 Å². The van der Waals surface area contributed by atoms with E-state index in [1.165, 1.54) is 5.56 Å². The average Bonchev–Trinajstić information content (AvgIpc) is 3.12. The third-order valence-electron chi connectivity index (χ3n) is 5.31. The molecule has 1 aromatic rings. The number of Topliss-reactive ketones (excluding diaryl/α,β-unsaturated/α-hetero) is 1. The molecule has 1 aromatic carbocycles. The number of nitrogens with zero attached hydrogens (tertiary/aromatic N) is 1. The molecule has 4 rings (SSSR count). The summed E-state index contributed by atoms with van der Waals surface area (Å²) in [5.41, 5.74) is 2.01. The highest BCUT2D eigenvalue weighted by atomic mass is 31.2. The van der Waals surface area contributed by atoms with E-state index in [2.05, 4.69) is 13.8 Å². The van der Waals surface area contributed by atoms with Crippen LogP contribution in [0.1, 0.15) is 43.7 Å². The standard InChI is InChI=1S/C20H23FNO7P/c1-12(2)14-5-3-13(4-6-14)10-26-30(25)27-11-18-17(29-30)8-20(28-18)22-9-15(21)16(23)7-19(22)24/h3-6,9,12,17-18,20H,7-8,10-11H2,1-2H3/t17-,18+,20+,30?/m0/s1. The molecule has 0 aromatic heterocycles. The van der Waals surface area contributed by atoms with Gasteiger partial charge in [-0.1, -0.05) is 38.1 Å². The number of hydrogen-bond donors (Lipinski definition) is 0. The summed E-state index contributed by atoms with van der Waals surface area (Å²) in [7, 11) is -3.81. The topological polar surface area (TPSA) is 91.4 Å². The van der Waals surface area contributed by atoms with Crippen molar-refractivity contribution < 1.29 is 36.9 Å². The molecule has 2 saturated heterocycles. The van der Waals surface area contributed by atoms with Crippen molar-refractivity contribution in [2.75, 3.05) is 6.61 Å². The van der Waals surface area contributed by atoms with Crippen LogP contribution in [-0.2, 0) is 39.1 Å². The van der Waals surface area contributed by atoms with Crippen molar-refractivity contribution in [1.82, 2.24) is 4.90 Å². The Bertz CT molecular complexity index is 916. The number of ether oxygens (including phenoxy) is 1. The molecule has 1 amide bonds. The SMILES string of the molecule is CC(C)c1ccc(COP2(=O)OC[C@H]3O[C@@H](N4C=C(F)C(=O)CC4=O)C[C@@H]3O2)cc1. The third kappa shape index (κ3) is 4.40. The Morgan fingerprint density at radius 1 is 1.23 bits per heavy atom. The fourth-order valence-corrected chi connectivity index (χ4v) is 4.92. The minimum absolute atomic E-state index is 0.0438. The maximum atomic E-state index is 13.6. The molecule has 4 atom stereocenters. The Morgan fingerprint density at radius 3 is 2.67 bits per heavy atom. The fourth-order valence-electron chi connectivity index (χ4n) is 3.54. The van der Waals surface area contributed by atoms with E-state index in [9.17, 15) is 18.5 Å². The zero-order valence-corrected chi connectivity index (χ0v) is 17.5. The first kappa shape index (κ1) is 21.3. The molecule has 162 valence electrons. The molecule has 3 aliphatic rings. The number of allylic oxidation sites excluding steroid dienone is 1. The number of rotatable bonds is 5. The first-order valence-electron chi connectivity index (χ1n) is 9.77. The van der Waals surface area contributed by atoms with Crippen molar-refractivity contribution in [3.05, 3.63) is 47.4 Å². The van der Waals surface area contributed by atoms with Crippen molar-refractivity contribution >= 4 is 19.5 Å². The maximum Gasteiger partial charge on any atom is 0.475 e. The van der Waals surface area contributed by atoms with Crippen molar-refractivity contribution in [2.24, 2.45) is 0 Å². The van der Waals surface area contributed by atoms with Crippen LogP contribution < -0.4 is 0 Å². The van der Waals surface area contributed by atoms with E-state index < -0.39 is 50.2 Å². The Balaban J connectivity index is 1.36. The second kappa shape index (κ2) is 8.32. The second-order valence-corrected chi connectivity index (χ2v) is 9.42. The van der Waals surface area contributed by atoms with Gasteiger partial charge in [-0.2, -0.15) is 0 Å². The molecule has 0 spiro atoms. The van der Waals surface area contributed by atoms with Crippen molar-refractivity contribution in [3.63, 3.8) is 0 Å². The van der Waals surface area contributed by atoms with Gasteiger partial charge >= 0.3 is 7.82 Å². The number of phosphoric ester groups is 1. The highest BCUT2D eigenvalue weighted by Crippen LogP contribution is 2.56. The Morgan fingerprint density at radius 2 is 1.97 bits per heavy atom. The van der Waals surface area contributed by atoms with E-state index in [1.54, 1.807) is 0 Å². The van der Waals surface area contributed by atoms with Gasteiger partial charge in [-0.3, -0.25) is 28.1 Å². The van der Waals surface area contributed by atoms with Crippen LogP contribution in [0.25, 0.3) is 0 Å². The summed E-state index contributed by atoms with van der Waals surface area (Å²) in [4.78, 5) is 24.4. The maximum absolute atomic E-state index is 13.6. The van der Waals surface area contributed by atoms with Gasteiger partial charge in [0.1, 0.15) is 18.4 Å². The zero-order valence-electron chi connectivity index (χ0n) is 16.7. The molecule has 1 unspecified atom stereocenters. The normalized spacial score (nSPS) is 31.8. The van der Waals surface area contributed by atoms with Gasteiger partial charge in [-0.15, -0.1) is 0 Å². The Labute approximate surface area is 173 Å². The van der Waals surface area contributed by atoms with Gasteiger partial charge in [-0.05, 0) is 17.0 Å². The summed E-state index contributed by atoms with van der Waals surface area (Å²) in [6, 6.07) is 7.76. The lowest BCUT2D eigenvalue weighted by atomic mass is 10.0. The van der Waals surface area contributed by atoms with Gasteiger partial charge in [0.2, 0.25) is 11.7 Å². The summed E-state index contributed by atoms with van der Waals surface area (Å²) in [5, 5.41) is 0. The fraction of sp³-hybridized carbons (Fsp3) is 0.500. The Kier molecular flexibility index (Phi) is 5.92. The van der Waals surface area contributed by atoms with Gasteiger partial charge in [0.25, 0.3) is 0 Å². The van der Waals surface area contributed by atoms with Gasteiger partial charge in [0.15, 0.2) is 5.83 Å². The van der Waals surface area contributed by atoms with Crippen LogP contribution in [0, 0.1) is 0 Å². The number of ketones is 1. The molecular weight excluding hydrogens is 416 g/mol. The molecule has 0 aliphatic carbocycles. The predicted octanol–water partition coefficient (Wildman–Crippen LogP) is 3.58. The predicted molar refractivity (Wildman–Crippen MR) is 103 cm³/mol. The zero-order chi connectivity index (χ0) is 21.5. The van der Waals surface area contributed by atoms with Gasteiger partial charge in [0.05, 0.1) is 19.6 Å². The minimum atomic E-state index is -3.81. The van der Waals surface area contributed by atoms with Crippen molar-refractivity contribution in [3.8, 4) is 0 Å². The molecule has 0 saturated carbocycles. The summed E-state index contributed by atoms with van der Waals surface area (Å²) in [5.74, 6) is -2.01. The lowest BCUT2D eigenvalue weighted by molar-refractivity contribution is -0.146. The highest BCUT2D eigenvalue weighted by Gasteiger charge is 2.49. The molecule has 8 nitrogen and oxygen atoms in total. The van der Waals surface area contributed by atoms with Crippen LogP contribution in [0.3, 0.4) is 0 Å². The first-order valence-corrected chi connectivity index (χ1v) is 11.2. The summed E-state index contributed by atoms with van der Waals surface area (Å²) in [6.45, 7) is 4.20. The van der Waals surface area contributed by atoms with Gasteiger partial charge < -0.3 is 4.74 Å². The number of fused-ring (bicyclic) bond motifs is 1. The molecule has 0 bridgehead atoms. The largest absolute Gasteiger partial charge is 0.475 e. The van der Waals surface area contributed by atoms with Crippen LogP contribution in [0.2, 0.25) is 0 Å². The van der Waals surface area contributed by atoms with E-state index >= 15 is 0 Å². The summed E-state index contributed by atoms with van der Waals surface area (Å²) in [6.07, 6.45) is -1.59. The van der Waals surface area contributed by atoms with Crippen LogP contribution in [0.4, 0.5) is 4.39 Å². The number of phosphoric acid groups is 1. The minimum Gasteiger partial charge on any atom is -0.349 e. The Hall–Kier alpha value is -1.90. The first-order chi connectivity index (χ1) is 14.2. The third-order valence-corrected chi connectivity index (χ3v) is 6.75. The molecule has 10 heteroatoms. The smallest absolute Gasteiger partial charge is 0.349 e. The number of amides is 1. The molecule has 3 heterocycles. The quantitative estimate of drug-likeness (QED) is 0.512. The summed E-state index contributed by atoms with van der Waals surface area (Å²) < 4.78 is 48.5. The molecule has 0 N–H and O–H groups in total. The monoisotopic (exact) mass is 439 g/mol. The van der Waals surface area contributed by atoms with Crippen LogP contribution in [0.15, 0.2) is 36.3 Å². The average molecular weight is 439 g/mol. The lowest BCUT2D eigenvalue weighted by Gasteiger charge is -2.30. The number of hydrogen-bond acceptors (Lipinski definition) is 7. The second-order valence-electron chi connectivity index (χ2n) is 7.80. The van der Waals surface area contributed by atoms with E-state index in [1.807, 2.05) is 24.3 Å². The molecule has 30 heavy (non-hydrogen) atoms. The lowest BCUT2D eigenvalue weighted by Crippen LogP contribution is -2.40. The van der Waals surface area contributed by atoms with E-state index in [0.717, 1.165) is 16.7 Å². The summed E-state index contributed by atoms with van der Waals surface area (Å²) >= 11 is 0. The van der Waals surface area contributed by atoms with E-state index in [-0.39, 0.29) is 19.6 Å². The number of halogens is 1. The molecule has 3 aliphatic heterocycles. The van der Waals surface area contributed by atoms with Gasteiger partial charge in [0, 0.05) is 12.6 Å². The number of carbonyl (C=O) groups excluding carboxylic acids is 2. The highest BCUT2D eigenvalue weighted by molar-refractivity contribution is 7.48. The molecule has 0 radical (unpaired) electrons. The van der Waals surface area contributed by atoms with Crippen molar-refractivity contribution in [2.45, 2.75) is 57.6 Å². The van der Waals surface area contributed by atoms with Crippen LogP contribution >= 0.6 is 7.82 Å². The van der Waals surface area contributed by atoms with Crippen LogP contribution in [0.5, 0.6) is 0 Å². The molecular formula is C20H23FNO7P. The molecule has 2 fully saturated rings.